The molecule has 1 aromatic heterocycles. The molecule has 1 aromatic rings. The molecule has 2 heterocycles. The van der Waals surface area contributed by atoms with E-state index in [1.807, 2.05) is 29.9 Å². The van der Waals surface area contributed by atoms with Gasteiger partial charge in [-0.05, 0) is 46.2 Å². The van der Waals surface area contributed by atoms with Crippen molar-refractivity contribution in [3.8, 4) is 0 Å². The average Bonchev–Trinajstić information content (AvgIpc) is 3.32. The summed E-state index contributed by atoms with van der Waals surface area (Å²) in [6.45, 7) is 1.02. The topological polar surface area (TPSA) is 92.5 Å². The van der Waals surface area contributed by atoms with Crippen molar-refractivity contribution in [3.63, 3.8) is 0 Å². The van der Waals surface area contributed by atoms with E-state index in [-0.39, 0.29) is 30.8 Å². The second-order valence-corrected chi connectivity index (χ2v) is 7.44. The Bertz CT molecular complexity index is 572. The largest absolute Gasteiger partial charge is 0.394 e. The Morgan fingerprint density at radius 1 is 1.40 bits per heavy atom. The lowest BCUT2D eigenvalue weighted by Crippen LogP contribution is -2.52. The zero-order valence-corrected chi connectivity index (χ0v) is 15.1. The molecule has 1 saturated heterocycles. The van der Waals surface area contributed by atoms with E-state index in [0.29, 0.717) is 12.5 Å². The molecular formula is C17H29N5O3. The monoisotopic (exact) mass is 351 g/mol. The molecule has 1 amide bonds. The third kappa shape index (κ3) is 5.23. The number of rotatable bonds is 8. The van der Waals surface area contributed by atoms with Crippen LogP contribution in [0.3, 0.4) is 0 Å². The molecule has 0 bridgehead atoms. The predicted octanol–water partition coefficient (Wildman–Crippen LogP) is 0.132. The van der Waals surface area contributed by atoms with Gasteiger partial charge in [0.1, 0.15) is 6.10 Å². The number of aromatic nitrogens is 3. The number of hydrogen-bond acceptors (Lipinski definition) is 6. The van der Waals surface area contributed by atoms with E-state index in [4.69, 9.17) is 4.74 Å². The number of aryl methyl sites for hydroxylation is 1. The highest BCUT2D eigenvalue weighted by Crippen LogP contribution is 2.38. The maximum atomic E-state index is 11.9. The second kappa shape index (κ2) is 8.25. The first-order valence-electron chi connectivity index (χ1n) is 9.15. The maximum absolute atomic E-state index is 11.9. The van der Waals surface area contributed by atoms with Crippen molar-refractivity contribution in [1.29, 1.82) is 0 Å². The van der Waals surface area contributed by atoms with Gasteiger partial charge in [0, 0.05) is 18.7 Å². The molecule has 1 aliphatic carbocycles. The number of amides is 1. The van der Waals surface area contributed by atoms with Gasteiger partial charge >= 0.3 is 0 Å². The minimum Gasteiger partial charge on any atom is -0.394 e. The second-order valence-electron chi connectivity index (χ2n) is 7.44. The molecule has 2 N–H and O–H groups in total. The summed E-state index contributed by atoms with van der Waals surface area (Å²) in [5, 5.41) is 21.0. The van der Waals surface area contributed by atoms with Gasteiger partial charge in [0.15, 0.2) is 0 Å². The fraction of sp³-hybridized carbons (Fsp3) is 0.824. The first kappa shape index (κ1) is 18.3. The van der Waals surface area contributed by atoms with Crippen LogP contribution in [0.1, 0.15) is 43.7 Å². The van der Waals surface area contributed by atoms with E-state index in [9.17, 15) is 9.90 Å². The van der Waals surface area contributed by atoms with Crippen LogP contribution in [-0.4, -0.2) is 76.4 Å². The zero-order chi connectivity index (χ0) is 17.8. The number of likely N-dealkylation sites (N-methyl/N-ethyl adjacent to an activating group) is 1. The number of carbonyl (C=O) groups is 1. The van der Waals surface area contributed by atoms with Crippen molar-refractivity contribution in [2.24, 2.45) is 0 Å². The van der Waals surface area contributed by atoms with Crippen molar-refractivity contribution in [2.75, 3.05) is 27.2 Å². The Balaban J connectivity index is 1.44. The third-order valence-electron chi connectivity index (χ3n) is 4.83. The molecule has 2 aliphatic rings. The molecule has 140 valence electrons. The van der Waals surface area contributed by atoms with Gasteiger partial charge in [0.2, 0.25) is 5.91 Å². The van der Waals surface area contributed by atoms with E-state index in [0.717, 1.165) is 31.5 Å². The van der Waals surface area contributed by atoms with Crippen LogP contribution in [-0.2, 0) is 16.1 Å². The summed E-state index contributed by atoms with van der Waals surface area (Å²) in [4.78, 5) is 13.8. The number of aliphatic hydroxyl groups is 1. The summed E-state index contributed by atoms with van der Waals surface area (Å²) >= 11 is 0. The number of nitrogens with zero attached hydrogens (tertiary/aromatic N) is 4. The molecule has 8 heteroatoms. The van der Waals surface area contributed by atoms with Crippen LogP contribution in [0.5, 0.6) is 0 Å². The lowest BCUT2D eigenvalue weighted by Gasteiger charge is -2.36. The molecule has 8 nitrogen and oxygen atoms in total. The number of aliphatic hydroxyl groups excluding tert-OH is 1. The Morgan fingerprint density at radius 2 is 2.20 bits per heavy atom. The summed E-state index contributed by atoms with van der Waals surface area (Å²) in [6, 6.07) is -0.124. The normalized spacial score (nSPS) is 26.8. The van der Waals surface area contributed by atoms with E-state index >= 15 is 0 Å². The third-order valence-corrected chi connectivity index (χ3v) is 4.83. The molecule has 0 spiro atoms. The van der Waals surface area contributed by atoms with Crippen molar-refractivity contribution >= 4 is 5.91 Å². The first-order valence-corrected chi connectivity index (χ1v) is 9.15. The Hall–Kier alpha value is -1.51. The SMILES string of the molecule is CN(C)CC(=O)N[C@H]1CC[C@H](CCn2cc(C3CC3)nn2)O[C@@H]1CO. The van der Waals surface area contributed by atoms with Crippen LogP contribution < -0.4 is 5.32 Å². The fourth-order valence-corrected chi connectivity index (χ4v) is 3.31. The maximum Gasteiger partial charge on any atom is 0.234 e. The molecule has 2 fully saturated rings. The summed E-state index contributed by atoms with van der Waals surface area (Å²) < 4.78 is 7.89. The molecule has 3 atom stereocenters. The molecular weight excluding hydrogens is 322 g/mol. The van der Waals surface area contributed by atoms with Gasteiger partial charge in [-0.3, -0.25) is 9.48 Å². The molecule has 3 rings (SSSR count). The predicted molar refractivity (Wildman–Crippen MR) is 92.1 cm³/mol. The number of hydrogen-bond donors (Lipinski definition) is 2. The van der Waals surface area contributed by atoms with Gasteiger partial charge in [-0.15, -0.1) is 5.10 Å². The minimum atomic E-state index is -0.345. The summed E-state index contributed by atoms with van der Waals surface area (Å²) in [7, 11) is 3.71. The lowest BCUT2D eigenvalue weighted by atomic mass is 9.97. The van der Waals surface area contributed by atoms with Crippen LogP contribution in [0.25, 0.3) is 0 Å². The zero-order valence-electron chi connectivity index (χ0n) is 15.1. The molecule has 25 heavy (non-hydrogen) atoms. The van der Waals surface area contributed by atoms with Gasteiger partial charge in [-0.25, -0.2) is 0 Å². The van der Waals surface area contributed by atoms with Gasteiger partial charge in [-0.2, -0.15) is 0 Å². The summed E-state index contributed by atoms with van der Waals surface area (Å²) in [6.07, 6.45) is 6.74. The van der Waals surface area contributed by atoms with Gasteiger partial charge < -0.3 is 20.1 Å². The smallest absolute Gasteiger partial charge is 0.234 e. The van der Waals surface area contributed by atoms with Crippen LogP contribution in [0.4, 0.5) is 0 Å². The molecule has 1 saturated carbocycles. The summed E-state index contributed by atoms with van der Waals surface area (Å²) in [5.74, 6) is 0.579. The van der Waals surface area contributed by atoms with Crippen molar-refractivity contribution < 1.29 is 14.6 Å². The fourth-order valence-electron chi connectivity index (χ4n) is 3.31. The highest BCUT2D eigenvalue weighted by Gasteiger charge is 2.32. The molecule has 0 aromatic carbocycles. The van der Waals surface area contributed by atoms with Crippen LogP contribution in [0.2, 0.25) is 0 Å². The van der Waals surface area contributed by atoms with E-state index < -0.39 is 0 Å². The highest BCUT2D eigenvalue weighted by molar-refractivity contribution is 5.78. The lowest BCUT2D eigenvalue weighted by molar-refractivity contribution is -0.129. The highest BCUT2D eigenvalue weighted by atomic mass is 16.5. The number of ether oxygens (including phenoxy) is 1. The standard InChI is InChI=1S/C17H29N5O3/c1-21(2)10-17(24)18-14-6-5-13(25-16(14)11-23)7-8-22-9-15(19-20-22)12-3-4-12/h9,12-14,16,23H,3-8,10-11H2,1-2H3,(H,18,24)/t13-,14+,16-/m1/s1. The molecule has 0 unspecified atom stereocenters. The van der Waals surface area contributed by atoms with Gasteiger partial charge in [0.05, 0.1) is 31.0 Å². The number of nitrogens with one attached hydrogen (secondary N) is 1. The van der Waals surface area contributed by atoms with E-state index in [1.165, 1.54) is 12.8 Å². The summed E-state index contributed by atoms with van der Waals surface area (Å²) in [5.41, 5.74) is 1.10. The van der Waals surface area contributed by atoms with E-state index in [2.05, 4.69) is 15.6 Å². The Kier molecular flexibility index (Phi) is 6.03. The van der Waals surface area contributed by atoms with Gasteiger partial charge in [-0.1, -0.05) is 5.21 Å². The van der Waals surface area contributed by atoms with Crippen molar-refractivity contribution in [1.82, 2.24) is 25.2 Å². The van der Waals surface area contributed by atoms with Crippen LogP contribution in [0.15, 0.2) is 6.20 Å². The quantitative estimate of drug-likeness (QED) is 0.692. The van der Waals surface area contributed by atoms with E-state index in [1.54, 1.807) is 0 Å². The number of carbonyl (C=O) groups excluding carboxylic acids is 1. The minimum absolute atomic E-state index is 0.0364. The Morgan fingerprint density at radius 3 is 2.88 bits per heavy atom. The first-order chi connectivity index (χ1) is 12.0. The van der Waals surface area contributed by atoms with Crippen molar-refractivity contribution in [3.05, 3.63) is 11.9 Å². The van der Waals surface area contributed by atoms with Gasteiger partial charge in [0.25, 0.3) is 0 Å². The van der Waals surface area contributed by atoms with Crippen LogP contribution in [0, 0.1) is 0 Å². The Labute approximate surface area is 148 Å². The van der Waals surface area contributed by atoms with Crippen LogP contribution >= 0.6 is 0 Å². The molecule has 0 radical (unpaired) electrons. The van der Waals surface area contributed by atoms with Crippen molar-refractivity contribution in [2.45, 2.75) is 62.8 Å². The average molecular weight is 351 g/mol. The molecule has 1 aliphatic heterocycles.